The Morgan fingerprint density at radius 3 is 2.48 bits per heavy atom. The van der Waals surface area contributed by atoms with E-state index in [9.17, 15) is 5.11 Å². The minimum atomic E-state index is -0.550. The third-order valence-electron chi connectivity index (χ3n) is 3.57. The van der Waals surface area contributed by atoms with Crippen molar-refractivity contribution in [2.24, 2.45) is 0 Å². The van der Waals surface area contributed by atoms with Gasteiger partial charge >= 0.3 is 0 Å². The van der Waals surface area contributed by atoms with Crippen LogP contribution in [0.2, 0.25) is 0 Å². The van der Waals surface area contributed by atoms with Gasteiger partial charge in [-0.05, 0) is 55.7 Å². The van der Waals surface area contributed by atoms with Crippen LogP contribution in [-0.4, -0.2) is 24.4 Å². The van der Waals surface area contributed by atoms with Crippen LogP contribution >= 0.6 is 0 Å². The van der Waals surface area contributed by atoms with E-state index in [-0.39, 0.29) is 6.61 Å². The Morgan fingerprint density at radius 2 is 1.76 bits per heavy atom. The van der Waals surface area contributed by atoms with Crippen molar-refractivity contribution in [1.29, 1.82) is 0 Å². The van der Waals surface area contributed by atoms with Crippen molar-refractivity contribution in [1.82, 2.24) is 0 Å². The van der Waals surface area contributed by atoms with Gasteiger partial charge in [0.05, 0.1) is 0 Å². The topological polar surface area (TPSA) is 41.5 Å². The molecule has 0 saturated heterocycles. The van der Waals surface area contributed by atoms with Crippen molar-refractivity contribution in [3.63, 3.8) is 0 Å². The normalized spacial score (nSPS) is 12.0. The molecule has 0 aliphatic carbocycles. The predicted molar refractivity (Wildman–Crippen MR) is 87.1 cm³/mol. The van der Waals surface area contributed by atoms with Crippen molar-refractivity contribution in [3.05, 3.63) is 59.2 Å². The predicted octanol–water partition coefficient (Wildman–Crippen LogP) is 3.46. The van der Waals surface area contributed by atoms with E-state index in [0.717, 1.165) is 17.0 Å². The van der Waals surface area contributed by atoms with E-state index in [1.165, 1.54) is 11.1 Å². The summed E-state index contributed by atoms with van der Waals surface area (Å²) in [6, 6.07) is 14.0. The van der Waals surface area contributed by atoms with E-state index in [2.05, 4.69) is 31.3 Å². The quantitative estimate of drug-likeness (QED) is 0.854. The maximum absolute atomic E-state index is 10.00. The molecule has 2 N–H and O–H groups in total. The van der Waals surface area contributed by atoms with Crippen LogP contribution in [0.1, 0.15) is 16.7 Å². The number of rotatable bonds is 6. The van der Waals surface area contributed by atoms with E-state index < -0.39 is 6.10 Å². The molecule has 0 aliphatic heterocycles. The molecule has 0 saturated carbocycles. The highest BCUT2D eigenvalue weighted by Crippen LogP contribution is 2.17. The number of nitrogens with one attached hydrogen (secondary N) is 1. The molecule has 0 aromatic heterocycles. The Labute approximate surface area is 126 Å². The van der Waals surface area contributed by atoms with Gasteiger partial charge in [-0.2, -0.15) is 0 Å². The van der Waals surface area contributed by atoms with E-state index in [1.54, 1.807) is 0 Å². The molecule has 3 heteroatoms. The molecule has 2 rings (SSSR count). The summed E-state index contributed by atoms with van der Waals surface area (Å²) in [5, 5.41) is 13.2. The second kappa shape index (κ2) is 7.14. The van der Waals surface area contributed by atoms with Gasteiger partial charge in [-0.25, -0.2) is 0 Å². The van der Waals surface area contributed by atoms with Crippen LogP contribution in [0, 0.1) is 20.8 Å². The number of para-hydroxylation sites is 1. The van der Waals surface area contributed by atoms with Crippen LogP contribution < -0.4 is 10.1 Å². The number of anilines is 1. The molecule has 3 nitrogen and oxygen atoms in total. The zero-order valence-corrected chi connectivity index (χ0v) is 12.9. The monoisotopic (exact) mass is 285 g/mol. The first-order valence-corrected chi connectivity index (χ1v) is 7.24. The lowest BCUT2D eigenvalue weighted by atomic mass is 10.1. The second-order valence-corrected chi connectivity index (χ2v) is 5.41. The first kappa shape index (κ1) is 15.4. The molecule has 0 radical (unpaired) electrons. The number of ether oxygens (including phenoxy) is 1. The van der Waals surface area contributed by atoms with Gasteiger partial charge in [0, 0.05) is 12.2 Å². The average Bonchev–Trinajstić information content (AvgIpc) is 2.47. The van der Waals surface area contributed by atoms with Crippen molar-refractivity contribution in [3.8, 4) is 5.75 Å². The molecule has 0 bridgehead atoms. The van der Waals surface area contributed by atoms with Crippen LogP contribution in [0.3, 0.4) is 0 Å². The van der Waals surface area contributed by atoms with Gasteiger partial charge in [0.1, 0.15) is 18.5 Å². The highest BCUT2D eigenvalue weighted by atomic mass is 16.5. The molecule has 0 spiro atoms. The Balaban J connectivity index is 1.81. The molecule has 112 valence electrons. The summed E-state index contributed by atoms with van der Waals surface area (Å²) < 4.78 is 5.64. The van der Waals surface area contributed by atoms with Crippen LogP contribution in [0.25, 0.3) is 0 Å². The number of aliphatic hydroxyl groups is 1. The second-order valence-electron chi connectivity index (χ2n) is 5.41. The van der Waals surface area contributed by atoms with Crippen molar-refractivity contribution in [2.45, 2.75) is 26.9 Å². The van der Waals surface area contributed by atoms with E-state index in [1.807, 2.05) is 37.3 Å². The van der Waals surface area contributed by atoms with Crippen LogP contribution in [-0.2, 0) is 0 Å². The van der Waals surface area contributed by atoms with Crippen molar-refractivity contribution in [2.75, 3.05) is 18.5 Å². The summed E-state index contributed by atoms with van der Waals surface area (Å²) in [4.78, 5) is 0. The zero-order chi connectivity index (χ0) is 15.2. The van der Waals surface area contributed by atoms with Gasteiger partial charge in [-0.3, -0.25) is 0 Å². The number of benzene rings is 2. The molecular weight excluding hydrogens is 262 g/mol. The lowest BCUT2D eigenvalue weighted by molar-refractivity contribution is 0.117. The van der Waals surface area contributed by atoms with Gasteiger partial charge in [-0.15, -0.1) is 0 Å². The van der Waals surface area contributed by atoms with Crippen molar-refractivity contribution >= 4 is 5.69 Å². The van der Waals surface area contributed by atoms with E-state index in [4.69, 9.17) is 4.74 Å². The SMILES string of the molecule is Cc1ccc(NCC(O)COc2ccccc2C)cc1C. The average molecular weight is 285 g/mol. The van der Waals surface area contributed by atoms with E-state index in [0.29, 0.717) is 6.54 Å². The minimum absolute atomic E-state index is 0.280. The summed E-state index contributed by atoms with van der Waals surface area (Å²) in [7, 11) is 0. The molecule has 2 aromatic carbocycles. The molecular formula is C18H23NO2. The lowest BCUT2D eigenvalue weighted by Crippen LogP contribution is -2.26. The van der Waals surface area contributed by atoms with E-state index >= 15 is 0 Å². The maximum atomic E-state index is 10.00. The number of aryl methyl sites for hydroxylation is 3. The summed E-state index contributed by atoms with van der Waals surface area (Å²) in [5.41, 5.74) is 4.61. The van der Waals surface area contributed by atoms with Gasteiger partial charge in [0.2, 0.25) is 0 Å². The lowest BCUT2D eigenvalue weighted by Gasteiger charge is -2.15. The summed E-state index contributed by atoms with van der Waals surface area (Å²) in [6.07, 6.45) is -0.550. The fraction of sp³-hybridized carbons (Fsp3) is 0.333. The molecule has 21 heavy (non-hydrogen) atoms. The molecule has 1 atom stereocenters. The molecule has 0 aliphatic rings. The first-order valence-electron chi connectivity index (χ1n) is 7.24. The highest BCUT2D eigenvalue weighted by Gasteiger charge is 2.06. The smallest absolute Gasteiger partial charge is 0.122 e. The standard InChI is InChI=1S/C18H23NO2/c1-13-8-9-16(10-15(13)3)19-11-17(20)12-21-18-7-5-4-6-14(18)2/h4-10,17,19-20H,11-12H2,1-3H3. The maximum Gasteiger partial charge on any atom is 0.122 e. The summed E-state index contributed by atoms with van der Waals surface area (Å²) in [6.45, 7) is 6.91. The third kappa shape index (κ3) is 4.50. The highest BCUT2D eigenvalue weighted by molar-refractivity contribution is 5.48. The zero-order valence-electron chi connectivity index (χ0n) is 12.9. The Hall–Kier alpha value is -2.00. The molecule has 1 unspecified atom stereocenters. The van der Waals surface area contributed by atoms with Crippen LogP contribution in [0.5, 0.6) is 5.75 Å². The van der Waals surface area contributed by atoms with Gasteiger partial charge < -0.3 is 15.2 Å². The first-order chi connectivity index (χ1) is 10.1. The fourth-order valence-electron chi connectivity index (χ4n) is 2.05. The summed E-state index contributed by atoms with van der Waals surface area (Å²) >= 11 is 0. The van der Waals surface area contributed by atoms with Gasteiger partial charge in [0.15, 0.2) is 0 Å². The largest absolute Gasteiger partial charge is 0.491 e. The Bertz CT molecular complexity index is 596. The molecule has 0 amide bonds. The number of aliphatic hydroxyl groups excluding tert-OH is 1. The van der Waals surface area contributed by atoms with Crippen molar-refractivity contribution < 1.29 is 9.84 Å². The van der Waals surface area contributed by atoms with Gasteiger partial charge in [-0.1, -0.05) is 24.3 Å². The Morgan fingerprint density at radius 1 is 1.00 bits per heavy atom. The molecule has 0 heterocycles. The Kier molecular flexibility index (Phi) is 5.23. The minimum Gasteiger partial charge on any atom is -0.491 e. The number of hydrogen-bond donors (Lipinski definition) is 2. The third-order valence-corrected chi connectivity index (χ3v) is 3.57. The molecule has 2 aromatic rings. The van der Waals surface area contributed by atoms with Crippen LogP contribution in [0.4, 0.5) is 5.69 Å². The fourth-order valence-corrected chi connectivity index (χ4v) is 2.05. The summed E-state index contributed by atoms with van der Waals surface area (Å²) in [5.74, 6) is 0.822. The van der Waals surface area contributed by atoms with Gasteiger partial charge in [0.25, 0.3) is 0 Å². The number of hydrogen-bond acceptors (Lipinski definition) is 3. The molecule has 0 fully saturated rings. The van der Waals surface area contributed by atoms with Crippen LogP contribution in [0.15, 0.2) is 42.5 Å².